The number of benzene rings is 2. The van der Waals surface area contributed by atoms with Crippen molar-refractivity contribution in [3.05, 3.63) is 53.1 Å². The molecule has 2 aromatic rings. The highest BCUT2D eigenvalue weighted by atomic mass is 16.5. The van der Waals surface area contributed by atoms with Crippen LogP contribution in [0.4, 0.5) is 0 Å². The third-order valence-electron chi connectivity index (χ3n) is 11.6. The van der Waals surface area contributed by atoms with E-state index in [4.69, 9.17) is 4.74 Å². The molecule has 0 spiro atoms. The second kappa shape index (κ2) is 14.9. The molecule has 2 saturated carbocycles. The Morgan fingerprint density at radius 3 is 1.82 bits per heavy atom. The van der Waals surface area contributed by atoms with Crippen LogP contribution in [-0.4, -0.2) is 6.61 Å². The van der Waals surface area contributed by atoms with Crippen molar-refractivity contribution in [2.45, 2.75) is 138 Å². The van der Waals surface area contributed by atoms with Gasteiger partial charge in [0, 0.05) is 5.41 Å². The molecule has 222 valence electrons. The van der Waals surface area contributed by atoms with E-state index < -0.39 is 0 Å². The molecule has 0 radical (unpaired) electrons. The van der Waals surface area contributed by atoms with Gasteiger partial charge in [-0.3, -0.25) is 0 Å². The fourth-order valence-electron chi connectivity index (χ4n) is 7.85. The first-order valence-electron chi connectivity index (χ1n) is 17.3. The Kier molecular flexibility index (Phi) is 11.6. The number of rotatable bonds is 13. The molecule has 2 aliphatic carbocycles. The van der Waals surface area contributed by atoms with Crippen molar-refractivity contribution >= 4 is 0 Å². The second-order valence-corrected chi connectivity index (χ2v) is 13.7. The van der Waals surface area contributed by atoms with Crippen LogP contribution in [0.5, 0.6) is 5.75 Å². The van der Waals surface area contributed by atoms with Crippen molar-refractivity contribution in [3.63, 3.8) is 0 Å². The van der Waals surface area contributed by atoms with Crippen LogP contribution in [0.15, 0.2) is 36.4 Å². The normalized spacial score (nSPS) is 23.8. The van der Waals surface area contributed by atoms with Crippen LogP contribution in [0.25, 0.3) is 11.1 Å². The zero-order chi connectivity index (χ0) is 28.5. The summed E-state index contributed by atoms with van der Waals surface area (Å²) in [4.78, 5) is 0. The summed E-state index contributed by atoms with van der Waals surface area (Å²) in [5.74, 6) is 5.10. The minimum absolute atomic E-state index is 0.291. The predicted molar refractivity (Wildman–Crippen MR) is 174 cm³/mol. The first kappa shape index (κ1) is 31.2. The highest BCUT2D eigenvalue weighted by Crippen LogP contribution is 2.42. The predicted octanol–water partition coefficient (Wildman–Crippen LogP) is 11.6. The van der Waals surface area contributed by atoms with E-state index in [1.807, 2.05) is 0 Å². The molecule has 0 heterocycles. The van der Waals surface area contributed by atoms with Crippen LogP contribution >= 0.6 is 0 Å². The van der Waals surface area contributed by atoms with Crippen LogP contribution < -0.4 is 4.74 Å². The minimum Gasteiger partial charge on any atom is -0.493 e. The topological polar surface area (TPSA) is 9.23 Å². The van der Waals surface area contributed by atoms with Gasteiger partial charge in [-0.1, -0.05) is 91.5 Å². The van der Waals surface area contributed by atoms with E-state index in [-0.39, 0.29) is 0 Å². The summed E-state index contributed by atoms with van der Waals surface area (Å²) >= 11 is 0. The van der Waals surface area contributed by atoms with Crippen molar-refractivity contribution in [3.8, 4) is 16.9 Å². The highest BCUT2D eigenvalue weighted by Gasteiger charge is 2.30. The lowest BCUT2D eigenvalue weighted by Crippen LogP contribution is -2.26. The molecule has 1 heteroatoms. The summed E-state index contributed by atoms with van der Waals surface area (Å²) < 4.78 is 6.55. The lowest BCUT2D eigenvalue weighted by atomic mass is 9.69. The van der Waals surface area contributed by atoms with E-state index in [0.29, 0.717) is 5.41 Å². The average molecular weight is 545 g/mol. The number of ether oxygens (including phenoxy) is 1. The molecule has 0 unspecified atom stereocenters. The van der Waals surface area contributed by atoms with E-state index in [2.05, 4.69) is 77.9 Å². The largest absolute Gasteiger partial charge is 0.493 e. The second-order valence-electron chi connectivity index (χ2n) is 13.7. The third kappa shape index (κ3) is 7.74. The maximum absolute atomic E-state index is 6.55. The lowest BCUT2D eigenvalue weighted by molar-refractivity contribution is 0.127. The lowest BCUT2D eigenvalue weighted by Gasteiger charge is -2.37. The number of aryl methyl sites for hydroxylation is 3. The Morgan fingerprint density at radius 2 is 1.27 bits per heavy atom. The summed E-state index contributed by atoms with van der Waals surface area (Å²) in [6, 6.07) is 14.3. The van der Waals surface area contributed by atoms with E-state index in [1.54, 1.807) is 0 Å². The molecular formula is C39H60O. The molecule has 0 saturated heterocycles. The van der Waals surface area contributed by atoms with Crippen LogP contribution in [0.3, 0.4) is 0 Å². The third-order valence-corrected chi connectivity index (χ3v) is 11.6. The van der Waals surface area contributed by atoms with Crippen LogP contribution in [0, 0.1) is 29.1 Å². The smallest absolute Gasteiger partial charge is 0.122 e. The minimum atomic E-state index is 0.291. The van der Waals surface area contributed by atoms with Gasteiger partial charge in [0.05, 0.1) is 6.61 Å². The first-order valence-corrected chi connectivity index (χ1v) is 17.3. The Labute approximate surface area is 247 Å². The van der Waals surface area contributed by atoms with Crippen molar-refractivity contribution in [1.29, 1.82) is 0 Å². The SMILES string of the molecule is CCc1cc(-c2ccc(CCC3CCC(C4CCC(C)CC4)CC3)cc2)c(CC)cc1OCC(CC)(CC)CC. The monoisotopic (exact) mass is 544 g/mol. The van der Waals surface area contributed by atoms with Crippen LogP contribution in [0.1, 0.15) is 135 Å². The molecule has 0 amide bonds. The van der Waals surface area contributed by atoms with Gasteiger partial charge in [-0.05, 0) is 134 Å². The van der Waals surface area contributed by atoms with Gasteiger partial charge in [0.1, 0.15) is 5.75 Å². The number of hydrogen-bond donors (Lipinski definition) is 0. The first-order chi connectivity index (χ1) is 19.4. The quantitative estimate of drug-likeness (QED) is 0.244. The van der Waals surface area contributed by atoms with Crippen LogP contribution in [-0.2, 0) is 19.3 Å². The molecule has 0 atom stereocenters. The summed E-state index contributed by atoms with van der Waals surface area (Å²) in [6.07, 6.45) is 20.1. The van der Waals surface area contributed by atoms with Crippen molar-refractivity contribution in [1.82, 2.24) is 0 Å². The molecule has 4 rings (SSSR count). The molecule has 0 bridgehead atoms. The summed E-state index contributed by atoms with van der Waals surface area (Å²) in [5, 5.41) is 0. The van der Waals surface area contributed by atoms with E-state index in [9.17, 15) is 0 Å². The van der Waals surface area contributed by atoms with Gasteiger partial charge in [0.25, 0.3) is 0 Å². The zero-order valence-electron chi connectivity index (χ0n) is 27.0. The molecule has 2 aliphatic rings. The van der Waals surface area contributed by atoms with Gasteiger partial charge in [-0.2, -0.15) is 0 Å². The standard InChI is InChI=1S/C39H60O/c1-7-32-27-38(40-28-39(9-3,10-4)11-5)33(8-2)26-37(32)36-24-18-31(19-25-36)15-14-30-16-22-35(23-17-30)34-20-12-29(6)13-21-34/h18-19,24-27,29-30,34-35H,7-17,20-23,28H2,1-6H3. The fraction of sp³-hybridized carbons (Fsp3) is 0.692. The van der Waals surface area contributed by atoms with Gasteiger partial charge >= 0.3 is 0 Å². The maximum Gasteiger partial charge on any atom is 0.122 e. The van der Waals surface area contributed by atoms with E-state index in [0.717, 1.165) is 48.9 Å². The van der Waals surface area contributed by atoms with E-state index in [1.165, 1.54) is 111 Å². The van der Waals surface area contributed by atoms with Crippen molar-refractivity contribution in [2.75, 3.05) is 6.61 Å². The number of hydrogen-bond acceptors (Lipinski definition) is 1. The van der Waals surface area contributed by atoms with Gasteiger partial charge in [-0.25, -0.2) is 0 Å². The van der Waals surface area contributed by atoms with Crippen LogP contribution in [0.2, 0.25) is 0 Å². The summed E-state index contributed by atoms with van der Waals surface area (Å²) in [6.45, 7) is 14.7. The zero-order valence-corrected chi connectivity index (χ0v) is 27.0. The van der Waals surface area contributed by atoms with Crippen molar-refractivity contribution in [2.24, 2.45) is 29.1 Å². The molecule has 2 aromatic carbocycles. The molecule has 0 aromatic heterocycles. The molecule has 40 heavy (non-hydrogen) atoms. The average Bonchev–Trinajstić information content (AvgIpc) is 3.01. The molecular weight excluding hydrogens is 484 g/mol. The van der Waals surface area contributed by atoms with E-state index >= 15 is 0 Å². The van der Waals surface area contributed by atoms with Gasteiger partial charge in [-0.15, -0.1) is 0 Å². The molecule has 0 aliphatic heterocycles. The maximum atomic E-state index is 6.55. The molecule has 1 nitrogen and oxygen atoms in total. The Hall–Kier alpha value is -1.76. The van der Waals surface area contributed by atoms with Gasteiger partial charge in [0.15, 0.2) is 0 Å². The summed E-state index contributed by atoms with van der Waals surface area (Å²) in [5.41, 5.74) is 7.29. The molecule has 2 fully saturated rings. The van der Waals surface area contributed by atoms with Gasteiger partial charge < -0.3 is 4.74 Å². The fourth-order valence-corrected chi connectivity index (χ4v) is 7.85. The highest BCUT2D eigenvalue weighted by molar-refractivity contribution is 5.70. The Bertz CT molecular complexity index is 1010. The van der Waals surface area contributed by atoms with Crippen molar-refractivity contribution < 1.29 is 4.74 Å². The molecule has 0 N–H and O–H groups in total. The summed E-state index contributed by atoms with van der Waals surface area (Å²) in [7, 11) is 0. The Balaban J connectivity index is 1.34. The Morgan fingerprint density at radius 1 is 0.700 bits per heavy atom. The van der Waals surface area contributed by atoms with Gasteiger partial charge in [0.2, 0.25) is 0 Å².